The average molecular weight is 378 g/mol. The van der Waals surface area contributed by atoms with Gasteiger partial charge in [-0.15, -0.1) is 0 Å². The molecule has 140 valence electrons. The first kappa shape index (κ1) is 20.2. The number of hydrogen-bond donors (Lipinski definition) is 1. The molecule has 1 unspecified atom stereocenters. The van der Waals surface area contributed by atoms with Crippen LogP contribution in [0.2, 0.25) is 5.02 Å². The Hall–Kier alpha value is -2.07. The molecular formula is C21H25ClFNO2. The third kappa shape index (κ3) is 5.73. The largest absolute Gasteiger partial charge is 0.446 e. The maximum absolute atomic E-state index is 14.4. The highest BCUT2D eigenvalue weighted by Gasteiger charge is 2.16. The highest BCUT2D eigenvalue weighted by Crippen LogP contribution is 2.32. The molecule has 2 rings (SSSR count). The summed E-state index contributed by atoms with van der Waals surface area (Å²) in [6, 6.07) is 11.4. The molecule has 2 aromatic carbocycles. The van der Waals surface area contributed by atoms with Crippen LogP contribution in [0.1, 0.15) is 46.0 Å². The van der Waals surface area contributed by atoms with Crippen LogP contribution in [-0.2, 0) is 4.74 Å². The van der Waals surface area contributed by atoms with Crippen LogP contribution in [0, 0.1) is 5.82 Å². The molecule has 2 aromatic rings. The molecule has 0 heterocycles. The van der Waals surface area contributed by atoms with Crippen molar-refractivity contribution in [3.63, 3.8) is 0 Å². The van der Waals surface area contributed by atoms with E-state index in [1.54, 1.807) is 36.4 Å². The Morgan fingerprint density at radius 2 is 1.96 bits per heavy atom. The van der Waals surface area contributed by atoms with E-state index in [1.807, 2.05) is 6.92 Å². The Morgan fingerprint density at radius 1 is 1.19 bits per heavy atom. The summed E-state index contributed by atoms with van der Waals surface area (Å²) in [6.07, 6.45) is 4.14. The van der Waals surface area contributed by atoms with E-state index < -0.39 is 11.9 Å². The van der Waals surface area contributed by atoms with E-state index in [4.69, 9.17) is 16.3 Å². The number of nitrogens with one attached hydrogen (secondary N) is 1. The number of hydrogen-bond acceptors (Lipinski definition) is 2. The lowest BCUT2D eigenvalue weighted by Gasteiger charge is -2.18. The molecule has 0 aliphatic rings. The monoisotopic (exact) mass is 377 g/mol. The quantitative estimate of drug-likeness (QED) is 0.500. The van der Waals surface area contributed by atoms with Crippen molar-refractivity contribution in [3.8, 4) is 11.1 Å². The van der Waals surface area contributed by atoms with Crippen LogP contribution in [0.15, 0.2) is 42.5 Å². The maximum atomic E-state index is 14.4. The molecule has 5 heteroatoms. The molecule has 0 fully saturated rings. The minimum absolute atomic E-state index is 0.135. The number of ether oxygens (including phenoxy) is 1. The number of rotatable bonds is 8. The Kier molecular flexibility index (Phi) is 7.92. The van der Waals surface area contributed by atoms with Crippen LogP contribution in [0.5, 0.6) is 0 Å². The van der Waals surface area contributed by atoms with Gasteiger partial charge in [0, 0.05) is 10.6 Å². The van der Waals surface area contributed by atoms with Gasteiger partial charge in [0.15, 0.2) is 0 Å². The number of amides is 1. The van der Waals surface area contributed by atoms with Gasteiger partial charge in [0.2, 0.25) is 0 Å². The number of benzene rings is 2. The van der Waals surface area contributed by atoms with Gasteiger partial charge in [0.05, 0.1) is 5.69 Å². The molecule has 1 amide bonds. The third-order valence-electron chi connectivity index (χ3n) is 4.22. The molecule has 26 heavy (non-hydrogen) atoms. The lowest BCUT2D eigenvalue weighted by molar-refractivity contribution is 0.101. The molecule has 0 saturated heterocycles. The first-order valence-corrected chi connectivity index (χ1v) is 9.45. The topological polar surface area (TPSA) is 38.3 Å². The Labute approximate surface area is 159 Å². The third-order valence-corrected chi connectivity index (χ3v) is 4.46. The number of carbonyl (C=O) groups is 1. The van der Waals surface area contributed by atoms with Crippen LogP contribution in [0.25, 0.3) is 11.1 Å². The molecule has 3 nitrogen and oxygen atoms in total. The minimum Gasteiger partial charge on any atom is -0.446 e. The zero-order chi connectivity index (χ0) is 18.9. The normalized spacial score (nSPS) is 11.8. The molecule has 0 aromatic heterocycles. The van der Waals surface area contributed by atoms with Crippen LogP contribution in [-0.4, -0.2) is 12.2 Å². The maximum Gasteiger partial charge on any atom is 0.411 e. The fourth-order valence-electron chi connectivity index (χ4n) is 2.82. The van der Waals surface area contributed by atoms with Crippen molar-refractivity contribution < 1.29 is 13.9 Å². The van der Waals surface area contributed by atoms with Crippen molar-refractivity contribution in [2.24, 2.45) is 0 Å². The van der Waals surface area contributed by atoms with Gasteiger partial charge in [0.25, 0.3) is 0 Å². The van der Waals surface area contributed by atoms with Crippen LogP contribution in [0.4, 0.5) is 14.9 Å². The number of anilines is 1. The SMILES string of the molecule is CCCCCC(CC)OC(=O)Nc1cccc(F)c1-c1cccc(Cl)c1. The van der Waals surface area contributed by atoms with Gasteiger partial charge in [-0.3, -0.25) is 5.32 Å². The van der Waals surface area contributed by atoms with Gasteiger partial charge < -0.3 is 4.74 Å². The highest BCUT2D eigenvalue weighted by molar-refractivity contribution is 6.30. The van der Waals surface area contributed by atoms with E-state index in [2.05, 4.69) is 12.2 Å². The zero-order valence-corrected chi connectivity index (χ0v) is 16.0. The van der Waals surface area contributed by atoms with E-state index in [1.165, 1.54) is 6.07 Å². The second kappa shape index (κ2) is 10.2. The summed E-state index contributed by atoms with van der Waals surface area (Å²) in [5.74, 6) is -0.431. The summed E-state index contributed by atoms with van der Waals surface area (Å²) in [4.78, 5) is 12.3. The molecule has 1 atom stereocenters. The zero-order valence-electron chi connectivity index (χ0n) is 15.2. The molecule has 1 N–H and O–H groups in total. The van der Waals surface area contributed by atoms with E-state index in [-0.39, 0.29) is 6.10 Å². The van der Waals surface area contributed by atoms with Gasteiger partial charge >= 0.3 is 6.09 Å². The summed E-state index contributed by atoms with van der Waals surface area (Å²) in [5, 5.41) is 3.18. The molecule has 0 radical (unpaired) electrons. The van der Waals surface area contributed by atoms with Gasteiger partial charge in [-0.05, 0) is 49.1 Å². The van der Waals surface area contributed by atoms with Crippen molar-refractivity contribution >= 4 is 23.4 Å². The fraction of sp³-hybridized carbons (Fsp3) is 0.381. The Morgan fingerprint density at radius 3 is 2.65 bits per heavy atom. The molecular weight excluding hydrogens is 353 g/mol. The van der Waals surface area contributed by atoms with Crippen molar-refractivity contribution in [3.05, 3.63) is 53.3 Å². The summed E-state index contributed by atoms with van der Waals surface area (Å²) in [6.45, 7) is 4.12. The Balaban J connectivity index is 2.14. The van der Waals surface area contributed by atoms with Gasteiger partial charge in [0.1, 0.15) is 11.9 Å². The van der Waals surface area contributed by atoms with E-state index >= 15 is 0 Å². The van der Waals surface area contributed by atoms with Crippen LogP contribution in [0.3, 0.4) is 0 Å². The lowest BCUT2D eigenvalue weighted by atomic mass is 10.0. The smallest absolute Gasteiger partial charge is 0.411 e. The fourth-order valence-corrected chi connectivity index (χ4v) is 3.02. The second-order valence-electron chi connectivity index (χ2n) is 6.23. The standard InChI is InChI=1S/C21H25ClFNO2/c1-3-5-6-11-17(4-2)26-21(25)24-19-13-8-12-18(23)20(19)15-9-7-10-16(22)14-15/h7-10,12-14,17H,3-6,11H2,1-2H3,(H,24,25). The molecule has 0 spiro atoms. The predicted octanol–water partition coefficient (Wildman–Crippen LogP) is 7.05. The van der Waals surface area contributed by atoms with E-state index in [0.717, 1.165) is 32.1 Å². The van der Waals surface area contributed by atoms with Crippen molar-refractivity contribution in [2.75, 3.05) is 5.32 Å². The second-order valence-corrected chi connectivity index (χ2v) is 6.67. The molecule has 0 saturated carbocycles. The van der Waals surface area contributed by atoms with Crippen molar-refractivity contribution in [2.45, 2.75) is 52.1 Å². The minimum atomic E-state index is -0.567. The first-order valence-electron chi connectivity index (χ1n) is 9.07. The number of carbonyl (C=O) groups excluding carboxylic acids is 1. The van der Waals surface area contributed by atoms with Gasteiger partial charge in [-0.2, -0.15) is 0 Å². The molecule has 0 aliphatic heterocycles. The molecule has 0 aliphatic carbocycles. The average Bonchev–Trinajstić information content (AvgIpc) is 2.61. The summed E-state index contributed by atoms with van der Waals surface area (Å²) in [5.41, 5.74) is 1.26. The summed E-state index contributed by atoms with van der Waals surface area (Å²) >= 11 is 6.02. The highest BCUT2D eigenvalue weighted by atomic mass is 35.5. The number of unbranched alkanes of at least 4 members (excludes halogenated alkanes) is 2. The predicted molar refractivity (Wildman–Crippen MR) is 105 cm³/mol. The summed E-state index contributed by atoms with van der Waals surface area (Å²) in [7, 11) is 0. The van der Waals surface area contributed by atoms with Crippen molar-refractivity contribution in [1.29, 1.82) is 0 Å². The first-order chi connectivity index (χ1) is 12.5. The Bertz CT molecular complexity index is 736. The van der Waals surface area contributed by atoms with Crippen LogP contribution >= 0.6 is 11.6 Å². The van der Waals surface area contributed by atoms with E-state index in [0.29, 0.717) is 21.8 Å². The van der Waals surface area contributed by atoms with Crippen LogP contribution < -0.4 is 5.32 Å². The van der Waals surface area contributed by atoms with Gasteiger partial charge in [-0.25, -0.2) is 9.18 Å². The number of halogens is 2. The van der Waals surface area contributed by atoms with Crippen molar-refractivity contribution in [1.82, 2.24) is 0 Å². The molecule has 0 bridgehead atoms. The van der Waals surface area contributed by atoms with E-state index in [9.17, 15) is 9.18 Å². The van der Waals surface area contributed by atoms with Gasteiger partial charge in [-0.1, -0.05) is 56.5 Å². The summed E-state index contributed by atoms with van der Waals surface area (Å²) < 4.78 is 19.9. The lowest BCUT2D eigenvalue weighted by Crippen LogP contribution is -2.22.